The van der Waals surface area contributed by atoms with Crippen molar-refractivity contribution in [2.45, 2.75) is 19.8 Å². The van der Waals surface area contributed by atoms with Crippen molar-refractivity contribution in [1.29, 1.82) is 0 Å². The minimum Gasteiger partial charge on any atom is -0.358 e. The number of halogens is 1. The maximum Gasteiger partial charge on any atom is 0.207 e. The van der Waals surface area contributed by atoms with Gasteiger partial charge in [-0.05, 0) is 17.7 Å². The number of hydrogen-bond acceptors (Lipinski definition) is 2. The first-order chi connectivity index (χ1) is 8.06. The predicted molar refractivity (Wildman–Crippen MR) is 70.8 cm³/mol. The number of carbonyl (C=O) groups is 2. The molecule has 4 heteroatoms. The number of hydrogen-bond donors (Lipinski definition) is 1. The number of carbonyl (C=O) groups excluding carboxylic acids is 2. The van der Waals surface area contributed by atoms with Gasteiger partial charge in [-0.25, -0.2) is 0 Å². The number of benzene rings is 1. The monoisotopic (exact) mass is 297 g/mol. The second-order valence-corrected chi connectivity index (χ2v) is 5.10. The zero-order chi connectivity index (χ0) is 12.8. The van der Waals surface area contributed by atoms with Gasteiger partial charge in [-0.3, -0.25) is 9.59 Å². The molecular weight excluding hydrogens is 282 g/mol. The lowest BCUT2D eigenvalue weighted by molar-refractivity contribution is -0.123. The third-order valence-electron chi connectivity index (χ3n) is 2.59. The molecule has 0 fully saturated rings. The average Bonchev–Trinajstić information content (AvgIpc) is 2.31. The molecule has 0 radical (unpaired) electrons. The molecule has 3 nitrogen and oxygen atoms in total. The Balaban J connectivity index is 2.92. The SMILES string of the molecule is CC(C)C(=O)[C@H](CNC=O)c1ccc(Br)cc1. The van der Waals surface area contributed by atoms with Gasteiger partial charge in [-0.15, -0.1) is 0 Å². The molecule has 1 amide bonds. The highest BCUT2D eigenvalue weighted by Gasteiger charge is 2.22. The Morgan fingerprint density at radius 3 is 2.41 bits per heavy atom. The maximum atomic E-state index is 12.1. The van der Waals surface area contributed by atoms with Crippen molar-refractivity contribution < 1.29 is 9.59 Å². The standard InChI is InChI=1S/C13H16BrNO2/c1-9(2)13(17)12(7-15-8-16)10-3-5-11(14)6-4-10/h3-6,8-9,12H,7H2,1-2H3,(H,15,16)/t12-/m1/s1. The lowest BCUT2D eigenvalue weighted by atomic mass is 9.89. The van der Waals surface area contributed by atoms with E-state index in [0.717, 1.165) is 10.0 Å². The molecule has 0 unspecified atom stereocenters. The van der Waals surface area contributed by atoms with E-state index in [2.05, 4.69) is 21.2 Å². The molecule has 17 heavy (non-hydrogen) atoms. The minimum atomic E-state index is -0.270. The largest absolute Gasteiger partial charge is 0.358 e. The fraction of sp³-hybridized carbons (Fsp3) is 0.385. The summed E-state index contributed by atoms with van der Waals surface area (Å²) in [5.41, 5.74) is 0.932. The first-order valence-electron chi connectivity index (χ1n) is 5.52. The first-order valence-corrected chi connectivity index (χ1v) is 6.31. The number of Topliss-reactive ketones (excluding diaryl/α,β-unsaturated/α-hetero) is 1. The van der Waals surface area contributed by atoms with E-state index in [1.54, 1.807) is 0 Å². The number of amides is 1. The Morgan fingerprint density at radius 1 is 1.35 bits per heavy atom. The molecule has 0 aliphatic rings. The predicted octanol–water partition coefficient (Wildman–Crippen LogP) is 2.50. The third kappa shape index (κ3) is 3.97. The molecule has 0 spiro atoms. The molecule has 0 heterocycles. The Bertz CT molecular complexity index is 387. The molecule has 0 saturated carbocycles. The van der Waals surface area contributed by atoms with E-state index in [0.29, 0.717) is 13.0 Å². The van der Waals surface area contributed by atoms with Crippen LogP contribution in [0.3, 0.4) is 0 Å². The molecule has 0 aromatic heterocycles. The van der Waals surface area contributed by atoms with Gasteiger partial charge in [-0.2, -0.15) is 0 Å². The smallest absolute Gasteiger partial charge is 0.207 e. The van der Waals surface area contributed by atoms with Gasteiger partial charge in [0.25, 0.3) is 0 Å². The van der Waals surface area contributed by atoms with Gasteiger partial charge in [0.05, 0.1) is 5.92 Å². The Hall–Kier alpha value is -1.16. The maximum absolute atomic E-state index is 12.1. The minimum absolute atomic E-state index is 0.0444. The number of rotatable bonds is 6. The van der Waals surface area contributed by atoms with Crippen molar-refractivity contribution in [2.24, 2.45) is 5.92 Å². The molecule has 1 atom stereocenters. The highest BCUT2D eigenvalue weighted by atomic mass is 79.9. The second kappa shape index (κ2) is 6.55. The van der Waals surface area contributed by atoms with Crippen LogP contribution >= 0.6 is 15.9 Å². The van der Waals surface area contributed by atoms with E-state index in [-0.39, 0.29) is 17.6 Å². The van der Waals surface area contributed by atoms with Crippen LogP contribution in [0.1, 0.15) is 25.3 Å². The van der Waals surface area contributed by atoms with Crippen molar-refractivity contribution in [2.75, 3.05) is 6.54 Å². The molecule has 1 N–H and O–H groups in total. The summed E-state index contributed by atoms with van der Waals surface area (Å²) in [5.74, 6) is -0.174. The van der Waals surface area contributed by atoms with Crippen molar-refractivity contribution >= 4 is 28.1 Å². The van der Waals surface area contributed by atoms with Crippen molar-refractivity contribution in [3.8, 4) is 0 Å². The summed E-state index contributed by atoms with van der Waals surface area (Å²) in [7, 11) is 0. The quantitative estimate of drug-likeness (QED) is 0.820. The van der Waals surface area contributed by atoms with E-state index >= 15 is 0 Å². The molecule has 92 valence electrons. The zero-order valence-corrected chi connectivity index (χ0v) is 11.5. The summed E-state index contributed by atoms with van der Waals surface area (Å²) < 4.78 is 0.973. The van der Waals surface area contributed by atoms with E-state index in [9.17, 15) is 9.59 Å². The molecular formula is C13H16BrNO2. The van der Waals surface area contributed by atoms with Gasteiger partial charge in [0.15, 0.2) is 0 Å². The van der Waals surface area contributed by atoms with Crippen LogP contribution in [-0.2, 0) is 9.59 Å². The molecule has 0 aliphatic carbocycles. The zero-order valence-electron chi connectivity index (χ0n) is 9.94. The van der Waals surface area contributed by atoms with Gasteiger partial charge in [0.1, 0.15) is 5.78 Å². The summed E-state index contributed by atoms with van der Waals surface area (Å²) in [6.07, 6.45) is 0.624. The lowest BCUT2D eigenvalue weighted by Crippen LogP contribution is -2.28. The van der Waals surface area contributed by atoms with E-state index in [1.165, 1.54) is 0 Å². The van der Waals surface area contributed by atoms with Crippen LogP contribution in [0, 0.1) is 5.92 Å². The third-order valence-corrected chi connectivity index (χ3v) is 3.12. The molecule has 1 aromatic rings. The van der Waals surface area contributed by atoms with Gasteiger partial charge in [-0.1, -0.05) is 41.9 Å². The molecule has 1 aromatic carbocycles. The Labute approximate surface area is 110 Å². The van der Waals surface area contributed by atoms with E-state index < -0.39 is 0 Å². The summed E-state index contributed by atoms with van der Waals surface area (Å²) in [4.78, 5) is 22.4. The fourth-order valence-electron chi connectivity index (χ4n) is 1.65. The Morgan fingerprint density at radius 2 is 1.94 bits per heavy atom. The van der Waals surface area contributed by atoms with Crippen molar-refractivity contribution in [3.05, 3.63) is 34.3 Å². The summed E-state index contributed by atoms with van der Waals surface area (Å²) in [5, 5.41) is 2.58. The summed E-state index contributed by atoms with van der Waals surface area (Å²) in [6.45, 7) is 4.09. The molecule has 0 aliphatic heterocycles. The van der Waals surface area contributed by atoms with Crippen LogP contribution in [0.5, 0.6) is 0 Å². The van der Waals surface area contributed by atoms with Crippen LogP contribution in [0.2, 0.25) is 0 Å². The summed E-state index contributed by atoms with van der Waals surface area (Å²) in [6, 6.07) is 7.61. The fourth-order valence-corrected chi connectivity index (χ4v) is 1.91. The van der Waals surface area contributed by atoms with Gasteiger partial charge >= 0.3 is 0 Å². The van der Waals surface area contributed by atoms with Crippen LogP contribution < -0.4 is 5.32 Å². The van der Waals surface area contributed by atoms with Gasteiger partial charge in [0, 0.05) is 16.9 Å². The topological polar surface area (TPSA) is 46.2 Å². The number of ketones is 1. The number of nitrogens with one attached hydrogen (secondary N) is 1. The van der Waals surface area contributed by atoms with Crippen molar-refractivity contribution in [1.82, 2.24) is 5.32 Å². The molecule has 0 saturated heterocycles. The van der Waals surface area contributed by atoms with Crippen LogP contribution in [0.4, 0.5) is 0 Å². The highest BCUT2D eigenvalue weighted by molar-refractivity contribution is 9.10. The normalized spacial score (nSPS) is 12.2. The van der Waals surface area contributed by atoms with Crippen LogP contribution in [0.25, 0.3) is 0 Å². The van der Waals surface area contributed by atoms with E-state index in [4.69, 9.17) is 0 Å². The van der Waals surface area contributed by atoms with Crippen LogP contribution in [-0.4, -0.2) is 18.7 Å². The van der Waals surface area contributed by atoms with Crippen LogP contribution in [0.15, 0.2) is 28.7 Å². The first kappa shape index (κ1) is 13.9. The van der Waals surface area contributed by atoms with Gasteiger partial charge in [0.2, 0.25) is 6.41 Å². The second-order valence-electron chi connectivity index (χ2n) is 4.19. The van der Waals surface area contributed by atoms with Gasteiger partial charge < -0.3 is 5.32 Å². The highest BCUT2D eigenvalue weighted by Crippen LogP contribution is 2.22. The van der Waals surface area contributed by atoms with E-state index in [1.807, 2.05) is 38.1 Å². The van der Waals surface area contributed by atoms with Crippen molar-refractivity contribution in [3.63, 3.8) is 0 Å². The Kier molecular flexibility index (Phi) is 5.35. The lowest BCUT2D eigenvalue weighted by Gasteiger charge is -2.18. The molecule has 1 rings (SSSR count). The summed E-state index contributed by atoms with van der Waals surface area (Å²) >= 11 is 3.36. The molecule has 0 bridgehead atoms. The average molecular weight is 298 g/mol.